The van der Waals surface area contributed by atoms with Gasteiger partial charge in [-0.2, -0.15) is 0 Å². The van der Waals surface area contributed by atoms with Gasteiger partial charge in [-0.15, -0.1) is 0 Å². The van der Waals surface area contributed by atoms with E-state index in [1.165, 1.54) is 22.3 Å². The lowest BCUT2D eigenvalue weighted by molar-refractivity contribution is 0.0977. The summed E-state index contributed by atoms with van der Waals surface area (Å²) in [5.74, 6) is 1.66. The van der Waals surface area contributed by atoms with E-state index in [0.717, 1.165) is 113 Å². The van der Waals surface area contributed by atoms with Crippen molar-refractivity contribution in [3.05, 3.63) is 75.0 Å². The molecule has 0 spiro atoms. The fraction of sp³-hybridized carbons (Fsp3) is 0.667. The van der Waals surface area contributed by atoms with E-state index >= 15 is 0 Å². The van der Waals surface area contributed by atoms with Crippen molar-refractivity contribution in [2.45, 2.75) is 195 Å². The Balaban J connectivity index is 2.99. The Morgan fingerprint density at radius 1 is 0.553 bits per heavy atom. The minimum atomic E-state index is -0.173. The molecule has 0 fully saturated rings. The molecule has 5 unspecified atom stereocenters. The summed E-state index contributed by atoms with van der Waals surface area (Å²) < 4.78 is 0. The highest BCUT2D eigenvalue weighted by molar-refractivity contribution is 6.12. The third-order valence-corrected chi connectivity index (χ3v) is 11.0. The van der Waals surface area contributed by atoms with Gasteiger partial charge in [0.2, 0.25) is 5.78 Å². The van der Waals surface area contributed by atoms with E-state index < -0.39 is 0 Å². The normalized spacial score (nSPS) is 15.3. The van der Waals surface area contributed by atoms with E-state index in [9.17, 15) is 9.90 Å². The van der Waals surface area contributed by atoms with Crippen LogP contribution in [0, 0.1) is 0 Å². The van der Waals surface area contributed by atoms with Gasteiger partial charge in [0.15, 0.2) is 5.76 Å². The molecular weight excluding hydrogens is 572 g/mol. The van der Waals surface area contributed by atoms with Crippen LogP contribution in [-0.4, -0.2) is 10.9 Å². The molecule has 0 aliphatic carbocycles. The minimum Gasteiger partial charge on any atom is -0.504 e. The molecule has 2 aromatic rings. The number of Topliss-reactive ketones (excluding diaryl/α,β-unsaturated/α-hetero) is 1. The average Bonchev–Trinajstić information content (AvgIpc) is 3.09. The molecule has 264 valence electrons. The van der Waals surface area contributed by atoms with Crippen LogP contribution < -0.4 is 0 Å². The van der Waals surface area contributed by atoms with E-state index in [4.69, 9.17) is 0 Å². The maximum absolute atomic E-state index is 15.0. The molecule has 1 N–H and O–H groups in total. The predicted octanol–water partition coefficient (Wildman–Crippen LogP) is 14.9. The summed E-state index contributed by atoms with van der Waals surface area (Å²) >= 11 is 0. The molecule has 2 nitrogen and oxygen atoms in total. The maximum atomic E-state index is 15.0. The van der Waals surface area contributed by atoms with E-state index in [0.29, 0.717) is 29.6 Å². The Morgan fingerprint density at radius 3 is 1.45 bits per heavy atom. The van der Waals surface area contributed by atoms with Crippen LogP contribution in [0.1, 0.15) is 239 Å². The van der Waals surface area contributed by atoms with Crippen molar-refractivity contribution in [2.24, 2.45) is 0 Å². The third kappa shape index (κ3) is 10.6. The van der Waals surface area contributed by atoms with Gasteiger partial charge in [-0.3, -0.25) is 4.79 Å². The van der Waals surface area contributed by atoms with Gasteiger partial charge in [0.05, 0.1) is 0 Å². The molecule has 2 rings (SSSR count). The largest absolute Gasteiger partial charge is 0.504 e. The van der Waals surface area contributed by atoms with Crippen LogP contribution in [0.25, 0.3) is 6.08 Å². The van der Waals surface area contributed by atoms with Crippen LogP contribution in [0.5, 0.6) is 0 Å². The van der Waals surface area contributed by atoms with Gasteiger partial charge < -0.3 is 5.11 Å². The number of carbonyl (C=O) groups excluding carboxylic acids is 1. The first-order valence-corrected chi connectivity index (χ1v) is 20.0. The van der Waals surface area contributed by atoms with Crippen LogP contribution in [0.2, 0.25) is 0 Å². The summed E-state index contributed by atoms with van der Waals surface area (Å²) in [5.41, 5.74) is 8.19. The highest BCUT2D eigenvalue weighted by Gasteiger charge is 2.31. The molecule has 0 saturated heterocycles. The number of aliphatic hydroxyl groups excluding tert-OH is 1. The van der Waals surface area contributed by atoms with Crippen LogP contribution in [0.15, 0.2) is 36.1 Å². The van der Waals surface area contributed by atoms with Crippen LogP contribution in [-0.2, 0) is 0 Å². The molecule has 5 atom stereocenters. The topological polar surface area (TPSA) is 37.3 Å². The maximum Gasteiger partial charge on any atom is 0.227 e. The van der Waals surface area contributed by atoms with E-state index in [1.807, 2.05) is 6.08 Å². The van der Waals surface area contributed by atoms with Crippen molar-refractivity contribution in [2.75, 3.05) is 0 Å². The van der Waals surface area contributed by atoms with Gasteiger partial charge in [0, 0.05) is 5.56 Å². The number of ketones is 1. The molecule has 47 heavy (non-hydrogen) atoms. The van der Waals surface area contributed by atoms with Gasteiger partial charge in [-0.25, -0.2) is 0 Å². The molecule has 0 heterocycles. The predicted molar refractivity (Wildman–Crippen MR) is 208 cm³/mol. The molecule has 2 aromatic carbocycles. The SMILES string of the molecule is CCCC(CC)c1ccc(C(CC)CCC)c(C=C(O)C(=O)c2c(C(CC)CCC)ccc(C(CC)CCC)c2C(CC)CCC)c1. The molecule has 0 aliphatic rings. The molecule has 0 aromatic heterocycles. The Bertz CT molecular complexity index is 1240. The molecule has 2 heteroatoms. The molecular formula is C45H72O2. The van der Waals surface area contributed by atoms with Crippen molar-refractivity contribution < 1.29 is 9.90 Å². The monoisotopic (exact) mass is 645 g/mol. The Labute approximate surface area is 291 Å². The minimum absolute atomic E-state index is 0.0980. The number of hydrogen-bond donors (Lipinski definition) is 1. The Kier molecular flexibility index (Phi) is 18.7. The number of hydrogen-bond acceptors (Lipinski definition) is 2. The number of rotatable bonds is 23. The lowest BCUT2D eigenvalue weighted by Gasteiger charge is -2.30. The second kappa shape index (κ2) is 21.6. The molecule has 0 bridgehead atoms. The van der Waals surface area contributed by atoms with Gasteiger partial charge in [0.1, 0.15) is 0 Å². The summed E-state index contributed by atoms with van der Waals surface area (Å²) in [7, 11) is 0. The lowest BCUT2D eigenvalue weighted by Crippen LogP contribution is -2.19. The molecule has 0 radical (unpaired) electrons. The molecule has 0 saturated carbocycles. The van der Waals surface area contributed by atoms with Crippen molar-refractivity contribution in [3.8, 4) is 0 Å². The average molecular weight is 645 g/mol. The van der Waals surface area contributed by atoms with Crippen LogP contribution in [0.3, 0.4) is 0 Å². The van der Waals surface area contributed by atoms with Crippen molar-refractivity contribution in [3.63, 3.8) is 0 Å². The van der Waals surface area contributed by atoms with Crippen molar-refractivity contribution >= 4 is 11.9 Å². The summed E-state index contributed by atoms with van der Waals surface area (Å²) in [5, 5.41) is 12.0. The smallest absolute Gasteiger partial charge is 0.227 e. The van der Waals surface area contributed by atoms with Crippen molar-refractivity contribution in [1.29, 1.82) is 0 Å². The zero-order chi connectivity index (χ0) is 34.9. The number of carbonyl (C=O) groups is 1. The van der Waals surface area contributed by atoms with E-state index in [1.54, 1.807) is 0 Å². The Hall–Kier alpha value is -2.35. The van der Waals surface area contributed by atoms with Gasteiger partial charge in [0.25, 0.3) is 0 Å². The van der Waals surface area contributed by atoms with Crippen molar-refractivity contribution in [1.82, 2.24) is 0 Å². The second-order valence-corrected chi connectivity index (χ2v) is 14.2. The fourth-order valence-electron chi connectivity index (χ4n) is 8.37. The fourth-order valence-corrected chi connectivity index (χ4v) is 8.37. The van der Waals surface area contributed by atoms with E-state index in [2.05, 4.69) is 99.6 Å². The summed E-state index contributed by atoms with van der Waals surface area (Å²) in [6, 6.07) is 11.6. The standard InChI is InChI=1S/C45H72O2/c1-11-21-32(16-6)37-26-27-39(33(17-7)22-12-2)38(30-37)31-42(46)45(47)44-41(35(19-9)24-14-4)29-28-40(34(18-8)23-13-3)43(44)36(20-10)25-15-5/h26-36,46H,11-25H2,1-10H3. The third-order valence-electron chi connectivity index (χ3n) is 11.0. The highest BCUT2D eigenvalue weighted by Crippen LogP contribution is 2.43. The van der Waals surface area contributed by atoms with Gasteiger partial charge in [-0.05, 0) is 133 Å². The summed E-state index contributed by atoms with van der Waals surface area (Å²) in [4.78, 5) is 15.0. The summed E-state index contributed by atoms with van der Waals surface area (Å²) in [6.45, 7) is 22.6. The zero-order valence-corrected chi connectivity index (χ0v) is 32.3. The van der Waals surface area contributed by atoms with Gasteiger partial charge in [-0.1, -0.05) is 132 Å². The van der Waals surface area contributed by atoms with Crippen LogP contribution >= 0.6 is 0 Å². The molecule has 0 aliphatic heterocycles. The first kappa shape index (κ1) is 40.8. The second-order valence-electron chi connectivity index (χ2n) is 14.2. The quantitative estimate of drug-likeness (QED) is 0.0742. The highest BCUT2D eigenvalue weighted by atomic mass is 16.3. The van der Waals surface area contributed by atoms with Crippen LogP contribution in [0.4, 0.5) is 0 Å². The Morgan fingerprint density at radius 2 is 0.957 bits per heavy atom. The lowest BCUT2D eigenvalue weighted by atomic mass is 9.74. The van der Waals surface area contributed by atoms with E-state index in [-0.39, 0.29) is 11.5 Å². The molecule has 0 amide bonds. The number of benzene rings is 2. The first-order valence-electron chi connectivity index (χ1n) is 20.0. The number of aliphatic hydroxyl groups is 1. The summed E-state index contributed by atoms with van der Waals surface area (Å²) in [6.07, 6.45) is 18.1. The zero-order valence-electron chi connectivity index (χ0n) is 32.3. The number of allylic oxidation sites excluding steroid dienone is 1. The van der Waals surface area contributed by atoms with Gasteiger partial charge >= 0.3 is 0 Å². The first-order chi connectivity index (χ1) is 22.7.